The topological polar surface area (TPSA) is 70.6 Å². The molecule has 0 radical (unpaired) electrons. The van der Waals surface area contributed by atoms with Crippen molar-refractivity contribution in [1.29, 1.82) is 0 Å². The molecule has 7 nitrogen and oxygen atoms in total. The number of rotatable bonds is 5. The van der Waals surface area contributed by atoms with Gasteiger partial charge in [0.1, 0.15) is 5.82 Å². The molecule has 0 atom stereocenters. The molecule has 0 bridgehead atoms. The van der Waals surface area contributed by atoms with E-state index in [1.54, 1.807) is 11.1 Å². The Morgan fingerprint density at radius 2 is 1.88 bits per heavy atom. The van der Waals surface area contributed by atoms with Crippen molar-refractivity contribution in [2.75, 3.05) is 43.0 Å². The van der Waals surface area contributed by atoms with Crippen molar-refractivity contribution in [3.63, 3.8) is 0 Å². The summed E-state index contributed by atoms with van der Waals surface area (Å²) in [6, 6.07) is 10.3. The van der Waals surface area contributed by atoms with Crippen molar-refractivity contribution in [2.24, 2.45) is 0 Å². The predicted octanol–water partition coefficient (Wildman–Crippen LogP) is 2.68. The minimum absolute atomic E-state index is 0.249. The van der Waals surface area contributed by atoms with E-state index in [-0.39, 0.29) is 6.09 Å². The summed E-state index contributed by atoms with van der Waals surface area (Å²) in [5, 5.41) is 3.34. The molecule has 0 saturated carbocycles. The fourth-order valence-electron chi connectivity index (χ4n) is 2.80. The van der Waals surface area contributed by atoms with Crippen molar-refractivity contribution >= 4 is 17.9 Å². The first kappa shape index (κ1) is 18.0. The second-order valence-electron chi connectivity index (χ2n) is 6.25. The van der Waals surface area contributed by atoms with E-state index in [0.29, 0.717) is 45.3 Å². The number of benzene rings is 1. The van der Waals surface area contributed by atoms with Crippen molar-refractivity contribution in [1.82, 2.24) is 14.9 Å². The normalized spacial score (nSPS) is 14.2. The third-order valence-corrected chi connectivity index (χ3v) is 4.33. The lowest BCUT2D eigenvalue weighted by Crippen LogP contribution is -2.49. The first-order valence-corrected chi connectivity index (χ1v) is 8.95. The number of nitrogens with one attached hydrogen (secondary N) is 1. The van der Waals surface area contributed by atoms with Crippen LogP contribution in [0.2, 0.25) is 0 Å². The molecule has 1 N–H and O–H groups in total. The number of hydrogen-bond donors (Lipinski definition) is 1. The molecule has 1 amide bonds. The van der Waals surface area contributed by atoms with Crippen molar-refractivity contribution in [3.05, 3.63) is 47.7 Å². The number of aryl methyl sites for hydroxylation is 1. The van der Waals surface area contributed by atoms with Gasteiger partial charge in [0, 0.05) is 38.9 Å². The number of carbonyl (C=O) groups excluding carboxylic acids is 1. The number of nitrogens with zero attached hydrogens (tertiary/aromatic N) is 4. The monoisotopic (exact) mass is 355 g/mol. The Morgan fingerprint density at radius 3 is 2.58 bits per heavy atom. The highest BCUT2D eigenvalue weighted by atomic mass is 16.6. The summed E-state index contributed by atoms with van der Waals surface area (Å²) in [7, 11) is 0. The molecular formula is C19H25N5O2. The van der Waals surface area contributed by atoms with Crippen molar-refractivity contribution in [3.8, 4) is 0 Å². The first-order valence-electron chi connectivity index (χ1n) is 8.95. The number of ether oxygens (including phenoxy) is 1. The van der Waals surface area contributed by atoms with Crippen molar-refractivity contribution in [2.45, 2.75) is 20.4 Å². The Hall–Kier alpha value is -2.83. The van der Waals surface area contributed by atoms with Gasteiger partial charge >= 0.3 is 6.09 Å². The molecule has 1 aliphatic rings. The van der Waals surface area contributed by atoms with Crippen molar-refractivity contribution < 1.29 is 9.53 Å². The lowest BCUT2D eigenvalue weighted by molar-refractivity contribution is 0.105. The van der Waals surface area contributed by atoms with Gasteiger partial charge in [-0.2, -0.15) is 4.98 Å². The highest BCUT2D eigenvalue weighted by Crippen LogP contribution is 2.15. The third-order valence-electron chi connectivity index (χ3n) is 4.33. The summed E-state index contributed by atoms with van der Waals surface area (Å²) in [4.78, 5) is 24.6. The average Bonchev–Trinajstić information content (AvgIpc) is 2.68. The summed E-state index contributed by atoms with van der Waals surface area (Å²) < 4.78 is 5.05. The van der Waals surface area contributed by atoms with E-state index in [4.69, 9.17) is 4.74 Å². The SMILES string of the molecule is CCOC(=O)N1CCN(c2nccc(NCc3ccc(C)cc3)n2)CC1. The van der Waals surface area contributed by atoms with Gasteiger partial charge < -0.3 is 19.9 Å². The largest absolute Gasteiger partial charge is 0.450 e. The summed E-state index contributed by atoms with van der Waals surface area (Å²) in [5.41, 5.74) is 2.46. The minimum atomic E-state index is -0.249. The molecule has 1 saturated heterocycles. The van der Waals surface area contributed by atoms with Gasteiger partial charge in [-0.25, -0.2) is 9.78 Å². The van der Waals surface area contributed by atoms with Gasteiger partial charge in [-0.3, -0.25) is 0 Å². The van der Waals surface area contributed by atoms with Gasteiger partial charge in [-0.05, 0) is 25.5 Å². The van der Waals surface area contributed by atoms with Crippen LogP contribution in [-0.2, 0) is 11.3 Å². The minimum Gasteiger partial charge on any atom is -0.450 e. The zero-order valence-corrected chi connectivity index (χ0v) is 15.3. The van der Waals surface area contributed by atoms with Crippen LogP contribution in [0, 0.1) is 6.92 Å². The molecule has 2 aromatic rings. The molecule has 0 spiro atoms. The number of piperazine rings is 1. The highest BCUT2D eigenvalue weighted by Gasteiger charge is 2.23. The summed E-state index contributed by atoms with van der Waals surface area (Å²) >= 11 is 0. The summed E-state index contributed by atoms with van der Waals surface area (Å²) in [6.07, 6.45) is 1.51. The van der Waals surface area contributed by atoms with Gasteiger partial charge in [0.25, 0.3) is 0 Å². The molecule has 7 heteroatoms. The van der Waals surface area contributed by atoms with Crippen LogP contribution in [0.4, 0.5) is 16.6 Å². The predicted molar refractivity (Wildman–Crippen MR) is 101 cm³/mol. The number of aromatic nitrogens is 2. The molecule has 138 valence electrons. The molecule has 1 fully saturated rings. The van der Waals surface area contributed by atoms with E-state index < -0.39 is 0 Å². The molecule has 0 unspecified atom stereocenters. The Kier molecular flexibility index (Phi) is 5.88. The van der Waals surface area contributed by atoms with E-state index >= 15 is 0 Å². The van der Waals surface area contributed by atoms with Crippen LogP contribution in [0.15, 0.2) is 36.5 Å². The quantitative estimate of drug-likeness (QED) is 0.889. The molecule has 0 aliphatic carbocycles. The maximum Gasteiger partial charge on any atom is 0.409 e. The van der Waals surface area contributed by atoms with Crippen LogP contribution >= 0.6 is 0 Å². The number of hydrogen-bond acceptors (Lipinski definition) is 6. The zero-order chi connectivity index (χ0) is 18.4. The smallest absolute Gasteiger partial charge is 0.409 e. The summed E-state index contributed by atoms with van der Waals surface area (Å²) in [6.45, 7) is 7.63. The van der Waals surface area contributed by atoms with E-state index in [1.165, 1.54) is 11.1 Å². The molecule has 3 rings (SSSR count). The Labute approximate surface area is 154 Å². The van der Waals surface area contributed by atoms with Crippen LogP contribution in [0.5, 0.6) is 0 Å². The fraction of sp³-hybridized carbons (Fsp3) is 0.421. The van der Waals surface area contributed by atoms with E-state index in [0.717, 1.165) is 5.82 Å². The zero-order valence-electron chi connectivity index (χ0n) is 15.3. The molecule has 26 heavy (non-hydrogen) atoms. The van der Waals surface area contributed by atoms with Crippen LogP contribution in [0.25, 0.3) is 0 Å². The number of carbonyl (C=O) groups is 1. The van der Waals surface area contributed by atoms with Gasteiger partial charge in [0.15, 0.2) is 0 Å². The lowest BCUT2D eigenvalue weighted by atomic mass is 10.1. The average molecular weight is 355 g/mol. The van der Waals surface area contributed by atoms with Gasteiger partial charge in [-0.15, -0.1) is 0 Å². The maximum absolute atomic E-state index is 11.8. The molecule has 1 aromatic carbocycles. The first-order chi connectivity index (χ1) is 12.7. The van der Waals surface area contributed by atoms with Crippen LogP contribution in [0.1, 0.15) is 18.1 Å². The van der Waals surface area contributed by atoms with Gasteiger partial charge in [-0.1, -0.05) is 29.8 Å². The van der Waals surface area contributed by atoms with Crippen LogP contribution < -0.4 is 10.2 Å². The number of anilines is 2. The molecular weight excluding hydrogens is 330 g/mol. The Bertz CT molecular complexity index is 727. The standard InChI is InChI=1S/C19H25N5O2/c1-3-26-19(25)24-12-10-23(11-13-24)18-20-9-8-17(22-18)21-14-16-6-4-15(2)5-7-16/h4-9H,3,10-14H2,1-2H3,(H,20,21,22). The number of amides is 1. The second-order valence-corrected chi connectivity index (χ2v) is 6.25. The lowest BCUT2D eigenvalue weighted by Gasteiger charge is -2.34. The van der Waals surface area contributed by atoms with Gasteiger partial charge in [0.2, 0.25) is 5.95 Å². The van der Waals surface area contributed by atoms with Crippen LogP contribution in [0.3, 0.4) is 0 Å². The van der Waals surface area contributed by atoms with E-state index in [2.05, 4.69) is 51.4 Å². The van der Waals surface area contributed by atoms with Gasteiger partial charge in [0.05, 0.1) is 6.61 Å². The maximum atomic E-state index is 11.8. The third kappa shape index (κ3) is 4.62. The molecule has 1 aromatic heterocycles. The Morgan fingerprint density at radius 1 is 1.15 bits per heavy atom. The second kappa shape index (κ2) is 8.51. The molecule has 1 aliphatic heterocycles. The fourth-order valence-corrected chi connectivity index (χ4v) is 2.80. The van der Waals surface area contributed by atoms with E-state index in [9.17, 15) is 4.79 Å². The molecule has 2 heterocycles. The summed E-state index contributed by atoms with van der Waals surface area (Å²) in [5.74, 6) is 1.48. The van der Waals surface area contributed by atoms with Crippen LogP contribution in [-0.4, -0.2) is 53.7 Å². The highest BCUT2D eigenvalue weighted by molar-refractivity contribution is 5.68. The van der Waals surface area contributed by atoms with E-state index in [1.807, 2.05) is 13.0 Å². The Balaban J connectivity index is 1.56.